The number of carbonyl (C=O) groups is 1. The Kier molecular flexibility index (Phi) is 5.56. The fourth-order valence-corrected chi connectivity index (χ4v) is 3.00. The fraction of sp³-hybridized carbons (Fsp3) is 0.222. The van der Waals surface area contributed by atoms with Crippen molar-refractivity contribution in [3.8, 4) is 11.9 Å². The molecule has 0 fully saturated rings. The van der Waals surface area contributed by atoms with Gasteiger partial charge in [-0.05, 0) is 18.4 Å². The van der Waals surface area contributed by atoms with Crippen LogP contribution in [0.2, 0.25) is 0 Å². The summed E-state index contributed by atoms with van der Waals surface area (Å²) in [5.41, 5.74) is 0.158. The first-order valence-corrected chi connectivity index (χ1v) is 9.48. The molecule has 142 valence electrons. The number of aromatic nitrogens is 5. The fourth-order valence-electron chi connectivity index (χ4n) is 2.66. The summed E-state index contributed by atoms with van der Waals surface area (Å²) >= 11 is 1.36. The molecule has 1 amide bonds. The van der Waals surface area contributed by atoms with Gasteiger partial charge in [-0.15, -0.1) is 6.58 Å². The number of rotatable bonds is 6. The number of hydrogen-bond donors (Lipinski definition) is 0. The maximum Gasteiger partial charge on any atom is 0.278 e. The van der Waals surface area contributed by atoms with Crippen molar-refractivity contribution in [3.63, 3.8) is 0 Å². The number of hydrogen-bond acceptors (Lipinski definition) is 7. The first kappa shape index (κ1) is 19.3. The van der Waals surface area contributed by atoms with E-state index in [-0.39, 0.29) is 24.4 Å². The summed E-state index contributed by atoms with van der Waals surface area (Å²) in [5.74, 6) is 0.394. The summed E-state index contributed by atoms with van der Waals surface area (Å²) in [4.78, 5) is 39.3. The van der Waals surface area contributed by atoms with Gasteiger partial charge in [0.1, 0.15) is 17.6 Å². The Morgan fingerprint density at radius 1 is 1.43 bits per heavy atom. The van der Waals surface area contributed by atoms with Gasteiger partial charge in [0.2, 0.25) is 5.91 Å². The Balaban J connectivity index is 2.23. The van der Waals surface area contributed by atoms with Gasteiger partial charge >= 0.3 is 0 Å². The molecule has 0 bridgehead atoms. The molecule has 3 aromatic heterocycles. The van der Waals surface area contributed by atoms with Gasteiger partial charge in [-0.25, -0.2) is 24.3 Å². The van der Waals surface area contributed by atoms with Gasteiger partial charge in [-0.1, -0.05) is 23.9 Å². The third-order valence-electron chi connectivity index (χ3n) is 4.02. The van der Waals surface area contributed by atoms with Gasteiger partial charge in [0.25, 0.3) is 5.56 Å². The molecule has 0 aromatic carbocycles. The Bertz CT molecular complexity index is 1160. The van der Waals surface area contributed by atoms with Crippen LogP contribution in [0.1, 0.15) is 6.42 Å². The Hall–Kier alpha value is -3.45. The first-order chi connectivity index (χ1) is 13.5. The lowest BCUT2D eigenvalue weighted by atomic mass is 10.3. The van der Waals surface area contributed by atoms with Gasteiger partial charge in [-0.2, -0.15) is 5.26 Å². The van der Waals surface area contributed by atoms with E-state index < -0.39 is 0 Å². The number of allylic oxidation sites excluding steroid dienone is 1. The lowest BCUT2D eigenvalue weighted by Gasteiger charge is -2.17. The van der Waals surface area contributed by atoms with Crippen LogP contribution in [0.3, 0.4) is 0 Å². The van der Waals surface area contributed by atoms with E-state index >= 15 is 0 Å². The van der Waals surface area contributed by atoms with E-state index in [9.17, 15) is 9.59 Å². The average Bonchev–Trinajstić information content (AvgIpc) is 2.99. The van der Waals surface area contributed by atoms with E-state index in [4.69, 9.17) is 5.26 Å². The second kappa shape index (κ2) is 8.06. The van der Waals surface area contributed by atoms with Gasteiger partial charge in [0.15, 0.2) is 16.6 Å². The van der Waals surface area contributed by atoms with Crippen LogP contribution in [0.4, 0.5) is 5.82 Å². The minimum atomic E-state index is -0.375. The van der Waals surface area contributed by atoms with Crippen LogP contribution >= 0.6 is 11.8 Å². The molecule has 0 aliphatic carbocycles. The van der Waals surface area contributed by atoms with Crippen molar-refractivity contribution in [1.82, 2.24) is 24.3 Å². The molecule has 28 heavy (non-hydrogen) atoms. The highest BCUT2D eigenvalue weighted by Crippen LogP contribution is 2.19. The maximum absolute atomic E-state index is 12.8. The normalized spacial score (nSPS) is 10.6. The largest absolute Gasteiger partial charge is 0.299 e. The summed E-state index contributed by atoms with van der Waals surface area (Å²) in [6, 6.07) is 6.92. The number of nitriles is 1. The van der Waals surface area contributed by atoms with Crippen molar-refractivity contribution >= 4 is 34.5 Å². The van der Waals surface area contributed by atoms with Crippen molar-refractivity contribution in [2.45, 2.75) is 18.1 Å². The van der Waals surface area contributed by atoms with Crippen molar-refractivity contribution in [3.05, 3.63) is 47.4 Å². The number of amides is 1. The van der Waals surface area contributed by atoms with Crippen LogP contribution in [0.25, 0.3) is 16.9 Å². The van der Waals surface area contributed by atoms with Gasteiger partial charge < -0.3 is 0 Å². The summed E-state index contributed by atoms with van der Waals surface area (Å²) in [7, 11) is 1.55. The van der Waals surface area contributed by atoms with Crippen LogP contribution in [0, 0.1) is 11.3 Å². The second-order valence-corrected chi connectivity index (χ2v) is 6.50. The highest BCUT2D eigenvalue weighted by Gasteiger charge is 2.19. The number of fused-ring (bicyclic) bond motifs is 1. The Labute approximate surface area is 164 Å². The lowest BCUT2D eigenvalue weighted by molar-refractivity contribution is -0.117. The zero-order chi connectivity index (χ0) is 20.3. The number of carbonyl (C=O) groups excluding carboxylic acids is 1. The van der Waals surface area contributed by atoms with E-state index in [0.717, 1.165) is 0 Å². The summed E-state index contributed by atoms with van der Waals surface area (Å²) in [6.45, 7) is 3.96. The molecule has 9 nitrogen and oxygen atoms in total. The molecule has 0 aliphatic rings. The van der Waals surface area contributed by atoms with Crippen LogP contribution in [-0.2, 0) is 11.3 Å². The molecule has 0 radical (unpaired) electrons. The molecular formula is C18H17N7O2S. The highest BCUT2D eigenvalue weighted by atomic mass is 32.2. The summed E-state index contributed by atoms with van der Waals surface area (Å²) < 4.78 is 3.05. The number of anilines is 1. The zero-order valence-corrected chi connectivity index (χ0v) is 16.2. The average molecular weight is 395 g/mol. The molecule has 3 heterocycles. The first-order valence-electron chi connectivity index (χ1n) is 8.26. The van der Waals surface area contributed by atoms with E-state index in [1.807, 2.05) is 12.3 Å². The topological polar surface area (TPSA) is 110 Å². The number of pyridine rings is 1. The number of nitrogens with zero attached hydrogens (tertiary/aromatic N) is 7. The Morgan fingerprint density at radius 3 is 2.89 bits per heavy atom. The van der Waals surface area contributed by atoms with Crippen molar-refractivity contribution in [2.24, 2.45) is 0 Å². The van der Waals surface area contributed by atoms with E-state index in [2.05, 4.69) is 21.5 Å². The van der Waals surface area contributed by atoms with Gasteiger partial charge in [-0.3, -0.25) is 14.5 Å². The SMILES string of the molecule is C=CCn1c(=O)c2cnc(SC)nc2n1-c1cccc(N(C)C(=O)CC#N)n1. The van der Waals surface area contributed by atoms with Crippen LogP contribution in [-0.4, -0.2) is 43.5 Å². The molecule has 0 spiro atoms. The predicted octanol–water partition coefficient (Wildman–Crippen LogP) is 1.76. The second-order valence-electron chi connectivity index (χ2n) is 5.72. The molecule has 0 saturated carbocycles. The zero-order valence-electron chi connectivity index (χ0n) is 15.4. The van der Waals surface area contributed by atoms with Crippen LogP contribution in [0.5, 0.6) is 0 Å². The molecule has 0 N–H and O–H groups in total. The molecule has 0 aliphatic heterocycles. The minimum Gasteiger partial charge on any atom is -0.299 e. The van der Waals surface area contributed by atoms with E-state index in [1.165, 1.54) is 27.5 Å². The lowest BCUT2D eigenvalue weighted by Crippen LogP contribution is -2.27. The summed E-state index contributed by atoms with van der Waals surface area (Å²) in [6.07, 6.45) is 4.70. The van der Waals surface area contributed by atoms with Gasteiger partial charge in [0, 0.05) is 13.2 Å². The van der Waals surface area contributed by atoms with Crippen LogP contribution in [0.15, 0.2) is 47.0 Å². The third kappa shape index (κ3) is 3.39. The molecule has 3 aromatic rings. The molecule has 0 atom stereocenters. The molecule has 0 unspecified atom stereocenters. The third-order valence-corrected chi connectivity index (χ3v) is 4.58. The Morgan fingerprint density at radius 2 is 2.21 bits per heavy atom. The molecular weight excluding hydrogens is 378 g/mol. The van der Waals surface area contributed by atoms with Crippen molar-refractivity contribution in [2.75, 3.05) is 18.2 Å². The smallest absolute Gasteiger partial charge is 0.278 e. The quantitative estimate of drug-likeness (QED) is 0.355. The molecule has 10 heteroatoms. The highest BCUT2D eigenvalue weighted by molar-refractivity contribution is 7.98. The van der Waals surface area contributed by atoms with Crippen molar-refractivity contribution in [1.29, 1.82) is 5.26 Å². The maximum atomic E-state index is 12.8. The summed E-state index contributed by atoms with van der Waals surface area (Å²) in [5, 5.41) is 9.63. The monoisotopic (exact) mass is 395 g/mol. The van der Waals surface area contributed by atoms with E-state index in [1.54, 1.807) is 36.0 Å². The molecule has 3 rings (SSSR count). The molecule has 0 saturated heterocycles. The van der Waals surface area contributed by atoms with Crippen molar-refractivity contribution < 1.29 is 4.79 Å². The predicted molar refractivity (Wildman–Crippen MR) is 107 cm³/mol. The number of thioether (sulfide) groups is 1. The standard InChI is InChI=1S/C18H17N7O2S/c1-4-10-24-17(27)12-11-20-18(28-3)22-16(12)25(24)14-7-5-6-13(21-14)23(2)15(26)8-9-19/h4-7,11H,1,8,10H2,2-3H3. The minimum absolute atomic E-state index is 0.249. The van der Waals surface area contributed by atoms with Gasteiger partial charge in [0.05, 0.1) is 12.6 Å². The van der Waals surface area contributed by atoms with Crippen LogP contribution < -0.4 is 10.5 Å². The van der Waals surface area contributed by atoms with E-state index in [0.29, 0.717) is 27.8 Å².